The van der Waals surface area contributed by atoms with E-state index in [1.165, 1.54) is 17.0 Å². The van der Waals surface area contributed by atoms with Crippen LogP contribution in [0.2, 0.25) is 0 Å². The number of benzene rings is 1. The van der Waals surface area contributed by atoms with Crippen LogP contribution in [-0.2, 0) is 0 Å². The Balaban J connectivity index is 2.23. The predicted molar refractivity (Wildman–Crippen MR) is 63.1 cm³/mol. The molecular formula is C13H6F2N4. The van der Waals surface area contributed by atoms with Crippen LogP contribution in [0.1, 0.15) is 5.56 Å². The molecule has 0 spiro atoms. The Labute approximate surface area is 106 Å². The number of pyridine rings is 1. The second kappa shape index (κ2) is 4.14. The highest BCUT2D eigenvalue weighted by molar-refractivity contribution is 5.66. The van der Waals surface area contributed by atoms with E-state index in [9.17, 15) is 8.78 Å². The third kappa shape index (κ3) is 1.81. The zero-order valence-electron chi connectivity index (χ0n) is 9.51. The van der Waals surface area contributed by atoms with Gasteiger partial charge in [0.1, 0.15) is 18.0 Å². The minimum absolute atomic E-state index is 0.0550. The summed E-state index contributed by atoms with van der Waals surface area (Å²) in [6.45, 7) is 0. The summed E-state index contributed by atoms with van der Waals surface area (Å²) in [5.74, 6) is -1.56. The molecule has 2 heterocycles. The summed E-state index contributed by atoms with van der Waals surface area (Å²) in [5.41, 5.74) is 0.674. The molecule has 0 radical (unpaired) electrons. The zero-order valence-corrected chi connectivity index (χ0v) is 9.51. The summed E-state index contributed by atoms with van der Waals surface area (Å²) in [7, 11) is 0. The van der Waals surface area contributed by atoms with Gasteiger partial charge in [-0.15, -0.1) is 0 Å². The topological polar surface area (TPSA) is 54.0 Å². The summed E-state index contributed by atoms with van der Waals surface area (Å²) in [6.07, 6.45) is 2.83. The molecular weight excluding hydrogens is 250 g/mol. The van der Waals surface area contributed by atoms with Crippen LogP contribution in [0.4, 0.5) is 8.78 Å². The van der Waals surface area contributed by atoms with Crippen molar-refractivity contribution in [3.63, 3.8) is 0 Å². The highest BCUT2D eigenvalue weighted by atomic mass is 19.1. The van der Waals surface area contributed by atoms with Gasteiger partial charge in [0, 0.05) is 11.8 Å². The zero-order chi connectivity index (χ0) is 13.4. The van der Waals surface area contributed by atoms with Gasteiger partial charge in [0.05, 0.1) is 17.2 Å². The van der Waals surface area contributed by atoms with Gasteiger partial charge in [0.15, 0.2) is 5.65 Å². The van der Waals surface area contributed by atoms with Crippen molar-refractivity contribution in [2.45, 2.75) is 0 Å². The molecule has 0 bridgehead atoms. The molecule has 92 valence electrons. The van der Waals surface area contributed by atoms with Crippen molar-refractivity contribution >= 4 is 5.65 Å². The Kier molecular flexibility index (Phi) is 2.46. The van der Waals surface area contributed by atoms with Gasteiger partial charge in [-0.25, -0.2) is 18.3 Å². The molecule has 0 aliphatic heterocycles. The van der Waals surface area contributed by atoms with E-state index in [-0.39, 0.29) is 11.1 Å². The first-order chi connectivity index (χ1) is 9.19. The van der Waals surface area contributed by atoms with Crippen LogP contribution in [-0.4, -0.2) is 14.6 Å². The van der Waals surface area contributed by atoms with Gasteiger partial charge in [-0.3, -0.25) is 0 Å². The van der Waals surface area contributed by atoms with Gasteiger partial charge in [0.2, 0.25) is 0 Å². The summed E-state index contributed by atoms with van der Waals surface area (Å²) in [6, 6.07) is 6.88. The van der Waals surface area contributed by atoms with Crippen molar-refractivity contribution in [3.8, 4) is 17.2 Å². The van der Waals surface area contributed by atoms with Crippen molar-refractivity contribution in [2.75, 3.05) is 0 Å². The molecule has 0 saturated carbocycles. The molecule has 3 rings (SSSR count). The van der Waals surface area contributed by atoms with Crippen LogP contribution in [0.5, 0.6) is 0 Å². The van der Waals surface area contributed by atoms with E-state index in [1.807, 2.05) is 0 Å². The predicted octanol–water partition coefficient (Wildman–Crippen LogP) is 2.55. The maximum Gasteiger partial charge on any atom is 0.155 e. The second-order valence-electron chi connectivity index (χ2n) is 3.91. The number of hydrogen-bond acceptors (Lipinski definition) is 3. The largest absolute Gasteiger partial charge is 0.221 e. The van der Waals surface area contributed by atoms with Gasteiger partial charge in [-0.05, 0) is 24.3 Å². The van der Waals surface area contributed by atoms with E-state index in [0.29, 0.717) is 11.2 Å². The monoisotopic (exact) mass is 256 g/mol. The maximum atomic E-state index is 13.9. The molecule has 1 aromatic carbocycles. The molecule has 0 aliphatic rings. The summed E-state index contributed by atoms with van der Waals surface area (Å²) in [4.78, 5) is 3.95. The molecule has 0 aliphatic carbocycles. The number of rotatable bonds is 1. The highest BCUT2D eigenvalue weighted by Crippen LogP contribution is 2.27. The molecule has 19 heavy (non-hydrogen) atoms. The lowest BCUT2D eigenvalue weighted by Gasteiger charge is -2.06. The van der Waals surface area contributed by atoms with Crippen LogP contribution >= 0.6 is 0 Å². The van der Waals surface area contributed by atoms with E-state index in [1.54, 1.807) is 18.2 Å². The van der Waals surface area contributed by atoms with Gasteiger partial charge in [0.25, 0.3) is 0 Å². The molecule has 0 unspecified atom stereocenters. The fourth-order valence-corrected chi connectivity index (χ4v) is 1.88. The lowest BCUT2D eigenvalue weighted by molar-refractivity contribution is 0.588. The van der Waals surface area contributed by atoms with E-state index in [2.05, 4.69) is 10.1 Å². The molecule has 0 fully saturated rings. The minimum Gasteiger partial charge on any atom is -0.221 e. The molecule has 6 heteroatoms. The van der Waals surface area contributed by atoms with Gasteiger partial charge in [-0.2, -0.15) is 10.4 Å². The standard InChI is InChI=1S/C13H6F2N4/c14-10-3-8(5-16)4-11(15)13(10)9-1-2-12-17-7-18-19(12)6-9/h1-4,6-7H. The average Bonchev–Trinajstić information content (AvgIpc) is 2.85. The Hall–Kier alpha value is -2.81. The van der Waals surface area contributed by atoms with Gasteiger partial charge in [-0.1, -0.05) is 0 Å². The molecule has 0 N–H and O–H groups in total. The fourth-order valence-electron chi connectivity index (χ4n) is 1.88. The summed E-state index contributed by atoms with van der Waals surface area (Å²) < 4.78 is 29.2. The SMILES string of the molecule is N#Cc1cc(F)c(-c2ccc3ncnn3c2)c(F)c1. The van der Waals surface area contributed by atoms with Crippen molar-refractivity contribution in [1.82, 2.24) is 14.6 Å². The molecule has 0 amide bonds. The Morgan fingerprint density at radius 2 is 1.89 bits per heavy atom. The van der Waals surface area contributed by atoms with Crippen LogP contribution in [0, 0.1) is 23.0 Å². The molecule has 0 atom stereocenters. The first-order valence-corrected chi connectivity index (χ1v) is 5.38. The minimum atomic E-state index is -0.781. The number of nitrogens with zero attached hydrogens (tertiary/aromatic N) is 4. The molecule has 4 nitrogen and oxygen atoms in total. The summed E-state index contributed by atoms with van der Waals surface area (Å²) >= 11 is 0. The number of hydrogen-bond donors (Lipinski definition) is 0. The van der Waals surface area contributed by atoms with Crippen LogP contribution in [0.3, 0.4) is 0 Å². The van der Waals surface area contributed by atoms with Gasteiger partial charge < -0.3 is 0 Å². The first-order valence-electron chi connectivity index (χ1n) is 5.38. The van der Waals surface area contributed by atoms with Crippen molar-refractivity contribution < 1.29 is 8.78 Å². The number of aromatic nitrogens is 3. The maximum absolute atomic E-state index is 13.9. The first kappa shape index (κ1) is 11.3. The quantitative estimate of drug-likeness (QED) is 0.672. The highest BCUT2D eigenvalue weighted by Gasteiger charge is 2.14. The molecule has 3 aromatic rings. The fraction of sp³-hybridized carbons (Fsp3) is 0. The van der Waals surface area contributed by atoms with E-state index in [0.717, 1.165) is 12.1 Å². The Morgan fingerprint density at radius 1 is 1.16 bits per heavy atom. The van der Waals surface area contributed by atoms with Crippen molar-refractivity contribution in [3.05, 3.63) is 54.0 Å². The van der Waals surface area contributed by atoms with E-state index < -0.39 is 11.6 Å². The van der Waals surface area contributed by atoms with Gasteiger partial charge >= 0.3 is 0 Å². The van der Waals surface area contributed by atoms with Crippen LogP contribution in [0.15, 0.2) is 36.8 Å². The van der Waals surface area contributed by atoms with Crippen LogP contribution < -0.4 is 0 Å². The average molecular weight is 256 g/mol. The Bertz CT molecular complexity index is 794. The second-order valence-corrected chi connectivity index (χ2v) is 3.91. The van der Waals surface area contributed by atoms with Crippen LogP contribution in [0.25, 0.3) is 16.8 Å². The lowest BCUT2D eigenvalue weighted by atomic mass is 10.0. The molecule has 0 saturated heterocycles. The number of halogens is 2. The summed E-state index contributed by atoms with van der Waals surface area (Å²) in [5, 5.41) is 12.6. The Morgan fingerprint density at radius 3 is 2.58 bits per heavy atom. The van der Waals surface area contributed by atoms with Crippen molar-refractivity contribution in [2.24, 2.45) is 0 Å². The lowest BCUT2D eigenvalue weighted by Crippen LogP contribution is -1.95. The molecule has 2 aromatic heterocycles. The number of fused-ring (bicyclic) bond motifs is 1. The normalized spacial score (nSPS) is 10.6. The smallest absolute Gasteiger partial charge is 0.155 e. The van der Waals surface area contributed by atoms with Crippen molar-refractivity contribution in [1.29, 1.82) is 5.26 Å². The third-order valence-corrected chi connectivity index (χ3v) is 2.73. The third-order valence-electron chi connectivity index (χ3n) is 2.73. The van der Waals surface area contributed by atoms with E-state index >= 15 is 0 Å². The van der Waals surface area contributed by atoms with E-state index in [4.69, 9.17) is 5.26 Å². The number of nitriles is 1.